The summed E-state index contributed by atoms with van der Waals surface area (Å²) in [4.78, 5) is 10.4. The van der Waals surface area contributed by atoms with Crippen molar-refractivity contribution in [2.75, 3.05) is 19.0 Å². The number of rotatable bonds is 7. The number of hydrogen-bond acceptors (Lipinski definition) is 5. The second kappa shape index (κ2) is 7.23. The third-order valence-corrected chi connectivity index (χ3v) is 3.90. The second-order valence-electron chi connectivity index (χ2n) is 3.99. The van der Waals surface area contributed by atoms with Gasteiger partial charge in [0.05, 0.1) is 4.92 Å². The van der Waals surface area contributed by atoms with Crippen LogP contribution in [-0.4, -0.2) is 28.9 Å². The van der Waals surface area contributed by atoms with E-state index >= 15 is 0 Å². The standard InChI is InChI=1S/C12H18N2O3S/c1-9(5-6-15)18-8-10-3-4-12(14(16)17)11(7-10)13-2/h3-4,7,9,13,15H,5-6,8H2,1-2H3. The average molecular weight is 270 g/mol. The van der Waals surface area contributed by atoms with Crippen LogP contribution in [0.4, 0.5) is 11.4 Å². The molecule has 5 nitrogen and oxygen atoms in total. The van der Waals surface area contributed by atoms with Gasteiger partial charge in [0.15, 0.2) is 0 Å². The zero-order chi connectivity index (χ0) is 13.5. The molecule has 0 aromatic heterocycles. The highest BCUT2D eigenvalue weighted by Crippen LogP contribution is 2.28. The first-order valence-corrected chi connectivity index (χ1v) is 6.81. The fourth-order valence-electron chi connectivity index (χ4n) is 1.54. The molecule has 1 aromatic carbocycles. The molecule has 0 radical (unpaired) electrons. The van der Waals surface area contributed by atoms with Crippen molar-refractivity contribution in [2.45, 2.75) is 24.3 Å². The summed E-state index contributed by atoms with van der Waals surface area (Å²) in [6.07, 6.45) is 0.760. The van der Waals surface area contributed by atoms with Gasteiger partial charge in [-0.05, 0) is 18.1 Å². The van der Waals surface area contributed by atoms with Crippen LogP contribution < -0.4 is 5.32 Å². The van der Waals surface area contributed by atoms with E-state index in [0.29, 0.717) is 10.9 Å². The fraction of sp³-hybridized carbons (Fsp3) is 0.500. The maximum Gasteiger partial charge on any atom is 0.292 e. The van der Waals surface area contributed by atoms with E-state index in [2.05, 4.69) is 12.2 Å². The average Bonchev–Trinajstić information content (AvgIpc) is 2.36. The van der Waals surface area contributed by atoms with Crippen molar-refractivity contribution < 1.29 is 10.0 Å². The third kappa shape index (κ3) is 4.19. The number of nitrogens with zero attached hydrogens (tertiary/aromatic N) is 1. The highest BCUT2D eigenvalue weighted by atomic mass is 32.2. The first kappa shape index (κ1) is 14.8. The van der Waals surface area contributed by atoms with Crippen LogP contribution in [-0.2, 0) is 5.75 Å². The lowest BCUT2D eigenvalue weighted by Gasteiger charge is -2.10. The molecule has 0 spiro atoms. The maximum absolute atomic E-state index is 10.8. The van der Waals surface area contributed by atoms with Crippen molar-refractivity contribution in [1.82, 2.24) is 0 Å². The van der Waals surface area contributed by atoms with Gasteiger partial charge in [-0.3, -0.25) is 10.1 Å². The highest BCUT2D eigenvalue weighted by molar-refractivity contribution is 7.99. The molecule has 0 aliphatic heterocycles. The molecule has 18 heavy (non-hydrogen) atoms. The van der Waals surface area contributed by atoms with Gasteiger partial charge in [0.25, 0.3) is 5.69 Å². The summed E-state index contributed by atoms with van der Waals surface area (Å²) >= 11 is 1.73. The summed E-state index contributed by atoms with van der Waals surface area (Å²) in [5, 5.41) is 22.8. The molecule has 1 rings (SSSR count). The van der Waals surface area contributed by atoms with E-state index in [0.717, 1.165) is 17.7 Å². The van der Waals surface area contributed by atoms with Crippen LogP contribution in [0.1, 0.15) is 18.9 Å². The van der Waals surface area contributed by atoms with Crippen molar-refractivity contribution in [1.29, 1.82) is 0 Å². The molecule has 1 unspecified atom stereocenters. The molecule has 0 heterocycles. The predicted molar refractivity (Wildman–Crippen MR) is 75.1 cm³/mol. The number of benzene rings is 1. The lowest BCUT2D eigenvalue weighted by atomic mass is 10.2. The minimum absolute atomic E-state index is 0.0923. The molecular weight excluding hydrogens is 252 g/mol. The van der Waals surface area contributed by atoms with Gasteiger partial charge in [-0.25, -0.2) is 0 Å². The molecule has 100 valence electrons. The van der Waals surface area contributed by atoms with Crippen LogP contribution in [0.5, 0.6) is 0 Å². The quantitative estimate of drug-likeness (QED) is 0.588. The number of nitro benzene ring substituents is 1. The van der Waals surface area contributed by atoms with E-state index in [1.54, 1.807) is 30.9 Å². The van der Waals surface area contributed by atoms with Crippen molar-refractivity contribution in [3.63, 3.8) is 0 Å². The number of aliphatic hydroxyl groups is 1. The van der Waals surface area contributed by atoms with E-state index in [4.69, 9.17) is 5.11 Å². The molecule has 2 N–H and O–H groups in total. The van der Waals surface area contributed by atoms with Crippen molar-refractivity contribution >= 4 is 23.1 Å². The van der Waals surface area contributed by atoms with E-state index in [-0.39, 0.29) is 12.3 Å². The van der Waals surface area contributed by atoms with Gasteiger partial charge < -0.3 is 10.4 Å². The van der Waals surface area contributed by atoms with Crippen LogP contribution in [0.2, 0.25) is 0 Å². The second-order valence-corrected chi connectivity index (χ2v) is 5.42. The minimum Gasteiger partial charge on any atom is -0.396 e. The Kier molecular flexibility index (Phi) is 5.94. The lowest BCUT2D eigenvalue weighted by molar-refractivity contribution is -0.383. The van der Waals surface area contributed by atoms with Crippen molar-refractivity contribution in [3.05, 3.63) is 33.9 Å². The van der Waals surface area contributed by atoms with Crippen LogP contribution in [0.25, 0.3) is 0 Å². The van der Waals surface area contributed by atoms with Gasteiger partial charge >= 0.3 is 0 Å². The Bertz CT molecular complexity index is 412. The topological polar surface area (TPSA) is 75.4 Å². The summed E-state index contributed by atoms with van der Waals surface area (Å²) in [6.45, 7) is 2.25. The van der Waals surface area contributed by atoms with Gasteiger partial charge in [-0.15, -0.1) is 0 Å². The van der Waals surface area contributed by atoms with Gasteiger partial charge in [-0.1, -0.05) is 13.0 Å². The molecule has 1 atom stereocenters. The van der Waals surface area contributed by atoms with Gasteiger partial charge in [0.2, 0.25) is 0 Å². The fourth-order valence-corrected chi connectivity index (χ4v) is 2.46. The van der Waals surface area contributed by atoms with Crippen LogP contribution in [0.15, 0.2) is 18.2 Å². The Morgan fingerprint density at radius 2 is 2.28 bits per heavy atom. The first-order valence-electron chi connectivity index (χ1n) is 5.76. The van der Waals surface area contributed by atoms with Crippen LogP contribution >= 0.6 is 11.8 Å². The number of anilines is 1. The Balaban J connectivity index is 2.71. The smallest absolute Gasteiger partial charge is 0.292 e. The van der Waals surface area contributed by atoms with E-state index in [1.165, 1.54) is 6.07 Å². The first-order chi connectivity index (χ1) is 8.58. The van der Waals surface area contributed by atoms with E-state index < -0.39 is 4.92 Å². The molecule has 0 aliphatic carbocycles. The lowest BCUT2D eigenvalue weighted by Crippen LogP contribution is -2.01. The predicted octanol–water partition coefficient (Wildman–Crippen LogP) is 2.64. The number of nitrogens with one attached hydrogen (secondary N) is 1. The number of aliphatic hydroxyl groups excluding tert-OH is 1. The van der Waals surface area contributed by atoms with E-state index in [9.17, 15) is 10.1 Å². The van der Waals surface area contributed by atoms with Crippen molar-refractivity contribution in [2.24, 2.45) is 0 Å². The van der Waals surface area contributed by atoms with Gasteiger partial charge in [0, 0.05) is 30.7 Å². The SMILES string of the molecule is CNc1cc(CSC(C)CCO)ccc1[N+](=O)[O-]. The minimum atomic E-state index is -0.392. The molecule has 0 amide bonds. The Hall–Kier alpha value is -1.27. The Morgan fingerprint density at radius 3 is 2.83 bits per heavy atom. The Labute approximate surface area is 111 Å². The zero-order valence-electron chi connectivity index (χ0n) is 10.5. The third-order valence-electron chi connectivity index (χ3n) is 2.60. The molecule has 0 saturated carbocycles. The summed E-state index contributed by atoms with van der Waals surface area (Å²) in [5.74, 6) is 0.786. The molecular formula is C12H18N2O3S. The molecule has 0 saturated heterocycles. The molecule has 0 fully saturated rings. The van der Waals surface area contributed by atoms with E-state index in [1.807, 2.05) is 0 Å². The monoisotopic (exact) mass is 270 g/mol. The maximum atomic E-state index is 10.8. The van der Waals surface area contributed by atoms with Gasteiger partial charge in [0.1, 0.15) is 5.69 Å². The highest BCUT2D eigenvalue weighted by Gasteiger charge is 2.13. The van der Waals surface area contributed by atoms with Crippen LogP contribution in [0, 0.1) is 10.1 Å². The molecule has 0 aliphatic rings. The summed E-state index contributed by atoms with van der Waals surface area (Å²) in [6, 6.07) is 5.10. The largest absolute Gasteiger partial charge is 0.396 e. The number of nitro groups is 1. The molecule has 1 aromatic rings. The normalized spacial score (nSPS) is 12.2. The zero-order valence-corrected chi connectivity index (χ0v) is 11.4. The van der Waals surface area contributed by atoms with Gasteiger partial charge in [-0.2, -0.15) is 11.8 Å². The van der Waals surface area contributed by atoms with Crippen LogP contribution in [0.3, 0.4) is 0 Å². The van der Waals surface area contributed by atoms with Crippen molar-refractivity contribution in [3.8, 4) is 0 Å². The summed E-state index contributed by atoms with van der Waals surface area (Å²) in [5.41, 5.74) is 1.67. The molecule has 0 bridgehead atoms. The summed E-state index contributed by atoms with van der Waals surface area (Å²) in [7, 11) is 1.67. The Morgan fingerprint density at radius 1 is 1.56 bits per heavy atom. The number of thioether (sulfide) groups is 1. The molecule has 6 heteroatoms. The summed E-state index contributed by atoms with van der Waals surface area (Å²) < 4.78 is 0. The number of hydrogen-bond donors (Lipinski definition) is 2.